The first-order chi connectivity index (χ1) is 8.30. The van der Waals surface area contributed by atoms with Crippen molar-refractivity contribution in [2.75, 3.05) is 13.6 Å². The van der Waals surface area contributed by atoms with Crippen LogP contribution in [0, 0.1) is 5.92 Å². The van der Waals surface area contributed by atoms with E-state index in [2.05, 4.69) is 46.3 Å². The second kappa shape index (κ2) is 8.12. The summed E-state index contributed by atoms with van der Waals surface area (Å²) in [6, 6.07) is 2.13. The largest absolute Gasteiger partial charge is 0.356 e. The molecule has 0 aliphatic heterocycles. The fraction of sp³-hybridized carbons (Fsp3) is 0.615. The number of guanidine groups is 1. The number of nitrogens with one attached hydrogen (secondary N) is 2. The molecule has 0 aromatic carbocycles. The summed E-state index contributed by atoms with van der Waals surface area (Å²) in [5, 5.41) is 10.9. The van der Waals surface area contributed by atoms with Gasteiger partial charge in [0.15, 0.2) is 5.96 Å². The van der Waals surface area contributed by atoms with Gasteiger partial charge >= 0.3 is 0 Å². The van der Waals surface area contributed by atoms with Crippen molar-refractivity contribution < 1.29 is 0 Å². The first-order valence-corrected chi connectivity index (χ1v) is 7.20. The molecule has 0 amide bonds. The van der Waals surface area contributed by atoms with E-state index in [0.29, 0.717) is 0 Å². The molecule has 1 aromatic heterocycles. The summed E-state index contributed by atoms with van der Waals surface area (Å²) in [5.74, 6) is 1.62. The third-order valence-electron chi connectivity index (χ3n) is 2.98. The van der Waals surface area contributed by atoms with E-state index in [0.717, 1.165) is 25.0 Å². The lowest BCUT2D eigenvalue weighted by molar-refractivity contribution is 0.481. The average molecular weight is 253 g/mol. The minimum absolute atomic E-state index is 0.731. The number of thiophene rings is 1. The van der Waals surface area contributed by atoms with Crippen molar-refractivity contribution in [3.63, 3.8) is 0 Å². The molecule has 0 fully saturated rings. The topological polar surface area (TPSA) is 36.4 Å². The molecule has 0 atom stereocenters. The van der Waals surface area contributed by atoms with Gasteiger partial charge in [0.25, 0.3) is 0 Å². The molecule has 0 unspecified atom stereocenters. The number of hydrogen-bond donors (Lipinski definition) is 2. The molecule has 4 heteroatoms. The van der Waals surface area contributed by atoms with Crippen molar-refractivity contribution in [3.8, 4) is 0 Å². The second-order valence-corrected chi connectivity index (χ2v) is 4.90. The van der Waals surface area contributed by atoms with Gasteiger partial charge in [0.1, 0.15) is 0 Å². The van der Waals surface area contributed by atoms with Crippen LogP contribution in [0.3, 0.4) is 0 Å². The number of rotatable bonds is 6. The first kappa shape index (κ1) is 14.0. The fourth-order valence-corrected chi connectivity index (χ4v) is 2.29. The normalized spacial score (nSPS) is 11.9. The van der Waals surface area contributed by atoms with Gasteiger partial charge in [-0.05, 0) is 28.3 Å². The zero-order valence-electron chi connectivity index (χ0n) is 11.0. The highest BCUT2D eigenvalue weighted by Crippen LogP contribution is 2.06. The molecule has 0 aliphatic carbocycles. The van der Waals surface area contributed by atoms with E-state index in [-0.39, 0.29) is 0 Å². The summed E-state index contributed by atoms with van der Waals surface area (Å²) >= 11 is 1.72. The van der Waals surface area contributed by atoms with Gasteiger partial charge in [-0.15, -0.1) is 0 Å². The van der Waals surface area contributed by atoms with Gasteiger partial charge in [0.05, 0.1) is 0 Å². The predicted molar refractivity (Wildman–Crippen MR) is 76.6 cm³/mol. The molecule has 0 saturated carbocycles. The maximum absolute atomic E-state index is 4.23. The number of hydrogen-bond acceptors (Lipinski definition) is 2. The lowest BCUT2D eigenvalue weighted by Gasteiger charge is -2.16. The van der Waals surface area contributed by atoms with E-state index in [1.807, 2.05) is 7.05 Å². The average Bonchev–Trinajstić information content (AvgIpc) is 2.87. The van der Waals surface area contributed by atoms with E-state index in [9.17, 15) is 0 Å². The lowest BCUT2D eigenvalue weighted by Crippen LogP contribution is -2.39. The fourth-order valence-electron chi connectivity index (χ4n) is 1.62. The Morgan fingerprint density at radius 2 is 2.12 bits per heavy atom. The van der Waals surface area contributed by atoms with Crippen molar-refractivity contribution in [2.45, 2.75) is 33.2 Å². The molecule has 96 valence electrons. The number of aliphatic imine (C=N–C) groups is 1. The van der Waals surface area contributed by atoms with Crippen LogP contribution in [0.4, 0.5) is 0 Å². The lowest BCUT2D eigenvalue weighted by atomic mass is 10.0. The van der Waals surface area contributed by atoms with Gasteiger partial charge in [-0.1, -0.05) is 26.7 Å². The Hall–Kier alpha value is -1.03. The van der Waals surface area contributed by atoms with Gasteiger partial charge < -0.3 is 10.6 Å². The molecule has 0 aliphatic rings. The maximum Gasteiger partial charge on any atom is 0.191 e. The predicted octanol–water partition coefficient (Wildman–Crippen LogP) is 2.85. The van der Waals surface area contributed by atoms with Crippen LogP contribution in [0.1, 0.15) is 32.3 Å². The molecule has 0 saturated heterocycles. The molecule has 0 radical (unpaired) electrons. The Kier molecular flexibility index (Phi) is 6.70. The molecule has 1 heterocycles. The van der Waals surface area contributed by atoms with Gasteiger partial charge in [-0.2, -0.15) is 11.3 Å². The van der Waals surface area contributed by atoms with E-state index >= 15 is 0 Å². The summed E-state index contributed by atoms with van der Waals surface area (Å²) in [5.41, 5.74) is 1.31. The zero-order chi connectivity index (χ0) is 12.5. The Labute approximate surface area is 108 Å². The van der Waals surface area contributed by atoms with Gasteiger partial charge in [0.2, 0.25) is 0 Å². The van der Waals surface area contributed by atoms with E-state index in [1.165, 1.54) is 18.4 Å². The van der Waals surface area contributed by atoms with E-state index < -0.39 is 0 Å². The van der Waals surface area contributed by atoms with Crippen molar-refractivity contribution in [3.05, 3.63) is 22.4 Å². The molecule has 1 aromatic rings. The zero-order valence-corrected chi connectivity index (χ0v) is 11.8. The van der Waals surface area contributed by atoms with Crippen LogP contribution in [0.15, 0.2) is 21.8 Å². The van der Waals surface area contributed by atoms with Crippen LogP contribution in [0.5, 0.6) is 0 Å². The molecule has 3 nitrogen and oxygen atoms in total. The Morgan fingerprint density at radius 3 is 2.65 bits per heavy atom. The molecule has 2 N–H and O–H groups in total. The highest BCUT2D eigenvalue weighted by molar-refractivity contribution is 7.07. The highest BCUT2D eigenvalue weighted by Gasteiger charge is 2.04. The summed E-state index contributed by atoms with van der Waals surface area (Å²) in [6.07, 6.45) is 2.43. The van der Waals surface area contributed by atoms with E-state index in [4.69, 9.17) is 0 Å². The third kappa shape index (κ3) is 5.22. The van der Waals surface area contributed by atoms with Crippen LogP contribution in [-0.4, -0.2) is 19.6 Å². The van der Waals surface area contributed by atoms with Gasteiger partial charge in [-0.3, -0.25) is 4.99 Å². The van der Waals surface area contributed by atoms with Crippen LogP contribution >= 0.6 is 11.3 Å². The molecule has 1 rings (SSSR count). The van der Waals surface area contributed by atoms with E-state index in [1.54, 1.807) is 11.3 Å². The van der Waals surface area contributed by atoms with Gasteiger partial charge in [0, 0.05) is 20.1 Å². The molecule has 17 heavy (non-hydrogen) atoms. The van der Waals surface area contributed by atoms with Crippen molar-refractivity contribution in [1.29, 1.82) is 0 Å². The maximum atomic E-state index is 4.23. The molecule has 0 bridgehead atoms. The summed E-state index contributed by atoms with van der Waals surface area (Å²) < 4.78 is 0. The Morgan fingerprint density at radius 1 is 1.35 bits per heavy atom. The Bertz CT molecular complexity index is 315. The second-order valence-electron chi connectivity index (χ2n) is 4.12. The summed E-state index contributed by atoms with van der Waals surface area (Å²) in [7, 11) is 1.82. The molecule has 0 spiro atoms. The minimum Gasteiger partial charge on any atom is -0.356 e. The smallest absolute Gasteiger partial charge is 0.191 e. The summed E-state index contributed by atoms with van der Waals surface area (Å²) in [6.45, 7) is 6.30. The van der Waals surface area contributed by atoms with Crippen LogP contribution in [0.2, 0.25) is 0 Å². The van der Waals surface area contributed by atoms with Crippen LogP contribution in [0.25, 0.3) is 0 Å². The number of nitrogens with zero attached hydrogens (tertiary/aromatic N) is 1. The standard InChI is InChI=1S/C13H23N3S/c1-4-11(5-2)8-15-13(14-3)16-9-12-6-7-17-10-12/h6-7,10-11H,4-5,8-9H2,1-3H3,(H2,14,15,16). The SMILES string of the molecule is CCC(CC)CNC(=NC)NCc1ccsc1. The summed E-state index contributed by atoms with van der Waals surface area (Å²) in [4.78, 5) is 4.23. The minimum atomic E-state index is 0.731. The Balaban J connectivity index is 2.29. The van der Waals surface area contributed by atoms with Crippen LogP contribution < -0.4 is 10.6 Å². The quantitative estimate of drug-likeness (QED) is 0.604. The molecular formula is C13H23N3S. The van der Waals surface area contributed by atoms with Crippen LogP contribution in [-0.2, 0) is 6.54 Å². The van der Waals surface area contributed by atoms with Crippen molar-refractivity contribution in [2.24, 2.45) is 10.9 Å². The molecular weight excluding hydrogens is 230 g/mol. The third-order valence-corrected chi connectivity index (χ3v) is 3.71. The van der Waals surface area contributed by atoms with Crippen molar-refractivity contribution in [1.82, 2.24) is 10.6 Å². The van der Waals surface area contributed by atoms with Crippen molar-refractivity contribution >= 4 is 17.3 Å². The highest BCUT2D eigenvalue weighted by atomic mass is 32.1. The first-order valence-electron chi connectivity index (χ1n) is 6.25. The van der Waals surface area contributed by atoms with Gasteiger partial charge in [-0.25, -0.2) is 0 Å². The monoisotopic (exact) mass is 253 g/mol.